The van der Waals surface area contributed by atoms with Crippen molar-refractivity contribution >= 4 is 11.6 Å². The maximum Gasteiger partial charge on any atom is 0.161 e. The Hall–Kier alpha value is -1.56. The molecule has 0 aliphatic heterocycles. The molecule has 21 heavy (non-hydrogen) atoms. The van der Waals surface area contributed by atoms with Gasteiger partial charge in [0.25, 0.3) is 0 Å². The molecule has 2 aromatic rings. The van der Waals surface area contributed by atoms with Crippen LogP contribution in [0.1, 0.15) is 42.8 Å². The highest BCUT2D eigenvalue weighted by Gasteiger charge is 2.24. The van der Waals surface area contributed by atoms with Crippen LogP contribution in [0.3, 0.4) is 0 Å². The highest BCUT2D eigenvalue weighted by atomic mass is 35.5. The first kappa shape index (κ1) is 15.8. The normalized spacial score (nSPS) is 12.7. The number of aryl methyl sites for hydroxylation is 1. The standard InChI is InChI=1S/C15H21ClN4O/c1-9(2)20-15(13(21-4)8-18-20)14(19-17)11-5-10(3)6-12(16)7-11/h5-9,14,19H,17H2,1-4H3. The van der Waals surface area contributed by atoms with Crippen molar-refractivity contribution < 1.29 is 4.74 Å². The van der Waals surface area contributed by atoms with Crippen molar-refractivity contribution in [3.63, 3.8) is 0 Å². The molecule has 5 nitrogen and oxygen atoms in total. The second-order valence-electron chi connectivity index (χ2n) is 5.30. The third-order valence-corrected chi connectivity index (χ3v) is 3.56. The predicted molar refractivity (Wildman–Crippen MR) is 84.5 cm³/mol. The Morgan fingerprint density at radius 1 is 1.33 bits per heavy atom. The molecule has 1 atom stereocenters. The first-order valence-electron chi connectivity index (χ1n) is 6.82. The Balaban J connectivity index is 2.57. The highest BCUT2D eigenvalue weighted by Crippen LogP contribution is 2.32. The lowest BCUT2D eigenvalue weighted by molar-refractivity contribution is 0.394. The smallest absolute Gasteiger partial charge is 0.161 e. The summed E-state index contributed by atoms with van der Waals surface area (Å²) in [6.45, 7) is 6.12. The SMILES string of the molecule is COc1cnn(C(C)C)c1C(NN)c1cc(C)cc(Cl)c1. The van der Waals surface area contributed by atoms with Crippen molar-refractivity contribution in [1.82, 2.24) is 15.2 Å². The average Bonchev–Trinajstić information content (AvgIpc) is 2.82. The number of rotatable bonds is 5. The number of benzene rings is 1. The lowest BCUT2D eigenvalue weighted by atomic mass is 10.0. The van der Waals surface area contributed by atoms with E-state index in [1.165, 1.54) is 0 Å². The van der Waals surface area contributed by atoms with Gasteiger partial charge in [0.2, 0.25) is 0 Å². The number of halogens is 1. The molecule has 1 unspecified atom stereocenters. The van der Waals surface area contributed by atoms with Crippen molar-refractivity contribution in [2.45, 2.75) is 32.9 Å². The van der Waals surface area contributed by atoms with Gasteiger partial charge in [-0.05, 0) is 44.0 Å². The number of nitrogens with one attached hydrogen (secondary N) is 1. The number of hydrogen-bond donors (Lipinski definition) is 2. The Morgan fingerprint density at radius 2 is 2.05 bits per heavy atom. The second-order valence-corrected chi connectivity index (χ2v) is 5.73. The molecule has 0 bridgehead atoms. The van der Waals surface area contributed by atoms with Crippen LogP contribution in [0, 0.1) is 6.92 Å². The molecule has 0 amide bonds. The van der Waals surface area contributed by atoms with Crippen LogP contribution in [0.15, 0.2) is 24.4 Å². The summed E-state index contributed by atoms with van der Waals surface area (Å²) in [6, 6.07) is 5.81. The van der Waals surface area contributed by atoms with E-state index in [1.54, 1.807) is 13.3 Å². The van der Waals surface area contributed by atoms with Crippen molar-refractivity contribution in [3.8, 4) is 5.75 Å². The minimum atomic E-state index is -0.248. The molecule has 1 aromatic heterocycles. The van der Waals surface area contributed by atoms with Crippen LogP contribution in [0.5, 0.6) is 5.75 Å². The molecule has 0 aliphatic rings. The van der Waals surface area contributed by atoms with Crippen molar-refractivity contribution in [3.05, 3.63) is 46.2 Å². The van der Waals surface area contributed by atoms with E-state index >= 15 is 0 Å². The van der Waals surface area contributed by atoms with Crippen LogP contribution in [0.25, 0.3) is 0 Å². The van der Waals surface area contributed by atoms with E-state index < -0.39 is 0 Å². The number of hydrazine groups is 1. The molecule has 0 saturated carbocycles. The number of nitrogens with two attached hydrogens (primary N) is 1. The molecule has 6 heteroatoms. The summed E-state index contributed by atoms with van der Waals surface area (Å²) in [7, 11) is 1.63. The highest BCUT2D eigenvalue weighted by molar-refractivity contribution is 6.30. The first-order chi connectivity index (χ1) is 9.97. The van der Waals surface area contributed by atoms with Crippen LogP contribution < -0.4 is 16.0 Å². The number of hydrogen-bond acceptors (Lipinski definition) is 4. The van der Waals surface area contributed by atoms with Crippen molar-refractivity contribution in [2.24, 2.45) is 5.84 Å². The van der Waals surface area contributed by atoms with E-state index in [-0.39, 0.29) is 12.1 Å². The minimum Gasteiger partial charge on any atom is -0.493 e. The first-order valence-corrected chi connectivity index (χ1v) is 7.20. The van der Waals surface area contributed by atoms with Gasteiger partial charge >= 0.3 is 0 Å². The van der Waals surface area contributed by atoms with Crippen molar-refractivity contribution in [2.75, 3.05) is 7.11 Å². The molecule has 114 valence electrons. The van der Waals surface area contributed by atoms with Gasteiger partial charge in [0.05, 0.1) is 19.3 Å². The van der Waals surface area contributed by atoms with Crippen LogP contribution in [0.2, 0.25) is 5.02 Å². The van der Waals surface area contributed by atoms with Gasteiger partial charge in [-0.2, -0.15) is 5.10 Å². The summed E-state index contributed by atoms with van der Waals surface area (Å²) < 4.78 is 7.33. The molecule has 0 aliphatic carbocycles. The lowest BCUT2D eigenvalue weighted by Crippen LogP contribution is -2.31. The number of nitrogens with zero attached hydrogens (tertiary/aromatic N) is 2. The fourth-order valence-corrected chi connectivity index (χ4v) is 2.76. The zero-order chi connectivity index (χ0) is 15.6. The molecule has 0 fully saturated rings. The Bertz CT molecular complexity index is 604. The summed E-state index contributed by atoms with van der Waals surface area (Å²) in [5.41, 5.74) is 5.78. The lowest BCUT2D eigenvalue weighted by Gasteiger charge is -2.21. The Morgan fingerprint density at radius 3 is 2.57 bits per heavy atom. The van der Waals surface area contributed by atoms with Gasteiger partial charge < -0.3 is 4.74 Å². The maximum absolute atomic E-state index is 6.17. The fraction of sp³-hybridized carbons (Fsp3) is 0.400. The van der Waals surface area contributed by atoms with E-state index in [1.807, 2.05) is 29.8 Å². The summed E-state index contributed by atoms with van der Waals surface area (Å²) in [6.07, 6.45) is 1.71. The van der Waals surface area contributed by atoms with Crippen LogP contribution >= 0.6 is 11.6 Å². The van der Waals surface area contributed by atoms with Gasteiger partial charge in [-0.3, -0.25) is 10.5 Å². The molecule has 1 heterocycles. The summed E-state index contributed by atoms with van der Waals surface area (Å²) >= 11 is 6.17. The molecule has 0 saturated heterocycles. The zero-order valence-electron chi connectivity index (χ0n) is 12.7. The monoisotopic (exact) mass is 308 g/mol. The molecule has 3 N–H and O–H groups in total. The van der Waals surface area contributed by atoms with E-state index in [0.29, 0.717) is 10.8 Å². The third-order valence-electron chi connectivity index (χ3n) is 3.35. The molecule has 0 spiro atoms. The Labute approximate surface area is 130 Å². The predicted octanol–water partition coefficient (Wildman–Crippen LogP) is 2.99. The minimum absolute atomic E-state index is 0.194. The molecule has 1 aromatic carbocycles. The number of methoxy groups -OCH3 is 1. The van der Waals surface area contributed by atoms with Gasteiger partial charge in [-0.15, -0.1) is 0 Å². The van der Waals surface area contributed by atoms with E-state index in [4.69, 9.17) is 22.2 Å². The summed E-state index contributed by atoms with van der Waals surface area (Å²) in [4.78, 5) is 0. The van der Waals surface area contributed by atoms with E-state index in [2.05, 4.69) is 24.4 Å². The molecule has 0 radical (unpaired) electrons. The summed E-state index contributed by atoms with van der Waals surface area (Å²) in [5, 5.41) is 5.07. The second kappa shape index (κ2) is 6.47. The molecule has 2 rings (SSSR count). The largest absolute Gasteiger partial charge is 0.493 e. The fourth-order valence-electron chi connectivity index (χ4n) is 2.46. The quantitative estimate of drug-likeness (QED) is 0.658. The van der Waals surface area contributed by atoms with Gasteiger partial charge in [-0.1, -0.05) is 17.7 Å². The Kier molecular flexibility index (Phi) is 4.88. The third kappa shape index (κ3) is 3.20. The molecular formula is C15H21ClN4O. The molecular weight excluding hydrogens is 288 g/mol. The topological polar surface area (TPSA) is 65.1 Å². The van der Waals surface area contributed by atoms with Crippen molar-refractivity contribution in [1.29, 1.82) is 0 Å². The van der Waals surface area contributed by atoms with Crippen LogP contribution in [-0.4, -0.2) is 16.9 Å². The maximum atomic E-state index is 6.17. The van der Waals surface area contributed by atoms with Gasteiger partial charge in [0, 0.05) is 11.1 Å². The van der Waals surface area contributed by atoms with Gasteiger partial charge in [-0.25, -0.2) is 5.43 Å². The number of ether oxygens (including phenoxy) is 1. The average molecular weight is 309 g/mol. The van der Waals surface area contributed by atoms with Crippen LogP contribution in [0.4, 0.5) is 0 Å². The van der Waals surface area contributed by atoms with Gasteiger partial charge in [0.1, 0.15) is 5.69 Å². The van der Waals surface area contributed by atoms with E-state index in [0.717, 1.165) is 16.8 Å². The summed E-state index contributed by atoms with van der Waals surface area (Å²) in [5.74, 6) is 6.50. The number of aromatic nitrogens is 2. The zero-order valence-corrected chi connectivity index (χ0v) is 13.5. The van der Waals surface area contributed by atoms with Crippen LogP contribution in [-0.2, 0) is 0 Å². The van der Waals surface area contributed by atoms with E-state index in [9.17, 15) is 0 Å². The van der Waals surface area contributed by atoms with Gasteiger partial charge in [0.15, 0.2) is 5.75 Å².